The van der Waals surface area contributed by atoms with Crippen LogP contribution < -0.4 is 0 Å². The van der Waals surface area contributed by atoms with Crippen LogP contribution in [0.25, 0.3) is 0 Å². The van der Waals surface area contributed by atoms with Gasteiger partial charge in [-0.05, 0) is 12.1 Å². The van der Waals surface area contributed by atoms with Crippen molar-refractivity contribution in [3.8, 4) is 0 Å². The lowest BCUT2D eigenvalue weighted by Gasteiger charge is -2.07. The van der Waals surface area contributed by atoms with Crippen molar-refractivity contribution in [3.05, 3.63) is 24.0 Å². The van der Waals surface area contributed by atoms with Crippen molar-refractivity contribution in [3.63, 3.8) is 0 Å². The third-order valence-electron chi connectivity index (χ3n) is 1.63. The lowest BCUT2D eigenvalue weighted by atomic mass is 10.2. The predicted molar refractivity (Wildman–Crippen MR) is 42.9 cm³/mol. The molecule has 0 fully saturated rings. The normalized spacial score (nSPS) is 12.8. The summed E-state index contributed by atoms with van der Waals surface area (Å²) in [6, 6.07) is 3.65. The van der Waals surface area contributed by atoms with E-state index in [0.717, 1.165) is 5.69 Å². The first-order valence-corrected chi connectivity index (χ1v) is 3.62. The molecule has 0 bridgehead atoms. The van der Waals surface area contributed by atoms with Gasteiger partial charge in [0.1, 0.15) is 0 Å². The minimum Gasteiger partial charge on any atom is -0.479 e. The van der Waals surface area contributed by atoms with Gasteiger partial charge in [-0.1, -0.05) is 0 Å². The molecular formula is C8H11NO3. The van der Waals surface area contributed by atoms with Crippen molar-refractivity contribution in [1.82, 2.24) is 4.98 Å². The number of carbonyl (C=O) groups is 1. The van der Waals surface area contributed by atoms with Crippen LogP contribution in [-0.2, 0) is 16.0 Å². The number of carboxylic acid groups (broad SMARTS) is 1. The first-order chi connectivity index (χ1) is 5.74. The Morgan fingerprint density at radius 1 is 1.83 bits per heavy atom. The molecule has 0 aromatic carbocycles. The number of aliphatic carboxylic acids is 1. The van der Waals surface area contributed by atoms with Gasteiger partial charge in [0, 0.05) is 25.4 Å². The predicted octanol–water partition coefficient (Wildman–Crippen LogP) is 0.657. The van der Waals surface area contributed by atoms with Gasteiger partial charge in [0.2, 0.25) is 0 Å². The lowest BCUT2D eigenvalue weighted by molar-refractivity contribution is -0.148. The van der Waals surface area contributed by atoms with Crippen LogP contribution in [0.15, 0.2) is 18.3 Å². The molecule has 0 saturated heterocycles. The van der Waals surface area contributed by atoms with E-state index in [0.29, 0.717) is 6.42 Å². The van der Waals surface area contributed by atoms with Gasteiger partial charge in [-0.3, -0.25) is 0 Å². The van der Waals surface area contributed by atoms with E-state index in [1.54, 1.807) is 6.20 Å². The molecule has 1 aromatic rings. The van der Waals surface area contributed by atoms with Gasteiger partial charge < -0.3 is 14.8 Å². The molecule has 1 rings (SSSR count). The average molecular weight is 169 g/mol. The van der Waals surface area contributed by atoms with E-state index in [1.165, 1.54) is 7.11 Å². The Hall–Kier alpha value is -1.29. The maximum Gasteiger partial charge on any atom is 0.333 e. The maximum absolute atomic E-state index is 10.5. The third kappa shape index (κ3) is 2.10. The Kier molecular flexibility index (Phi) is 2.88. The van der Waals surface area contributed by atoms with Gasteiger partial charge in [0.25, 0.3) is 0 Å². The summed E-state index contributed by atoms with van der Waals surface area (Å²) in [7, 11) is 1.39. The maximum atomic E-state index is 10.5. The van der Waals surface area contributed by atoms with Crippen molar-refractivity contribution < 1.29 is 14.6 Å². The smallest absolute Gasteiger partial charge is 0.333 e. The molecule has 0 radical (unpaired) electrons. The minimum atomic E-state index is -0.938. The fourth-order valence-electron chi connectivity index (χ4n) is 0.966. The molecule has 12 heavy (non-hydrogen) atoms. The summed E-state index contributed by atoms with van der Waals surface area (Å²) >= 11 is 0. The van der Waals surface area contributed by atoms with Gasteiger partial charge in [-0.15, -0.1) is 0 Å². The molecule has 1 heterocycles. The molecule has 1 atom stereocenters. The van der Waals surface area contributed by atoms with Gasteiger partial charge >= 0.3 is 5.97 Å². The molecule has 4 heteroatoms. The number of hydrogen-bond donors (Lipinski definition) is 2. The highest BCUT2D eigenvalue weighted by Gasteiger charge is 2.16. The second-order valence-corrected chi connectivity index (χ2v) is 2.46. The lowest BCUT2D eigenvalue weighted by Crippen LogP contribution is -2.24. The quantitative estimate of drug-likeness (QED) is 0.695. The first kappa shape index (κ1) is 8.80. The number of methoxy groups -OCH3 is 1. The summed E-state index contributed by atoms with van der Waals surface area (Å²) in [5.41, 5.74) is 0.865. The SMILES string of the molecule is COC(Cc1ccc[nH]1)C(=O)O. The molecule has 0 aliphatic heterocycles. The van der Waals surface area contributed by atoms with E-state index in [-0.39, 0.29) is 0 Å². The summed E-state index contributed by atoms with van der Waals surface area (Å²) in [5.74, 6) is -0.938. The van der Waals surface area contributed by atoms with Crippen molar-refractivity contribution >= 4 is 5.97 Å². The topological polar surface area (TPSA) is 62.3 Å². The van der Waals surface area contributed by atoms with Crippen LogP contribution in [0.4, 0.5) is 0 Å². The monoisotopic (exact) mass is 169 g/mol. The number of aromatic nitrogens is 1. The standard InChI is InChI=1S/C8H11NO3/c1-12-7(8(10)11)5-6-3-2-4-9-6/h2-4,7,9H,5H2,1H3,(H,10,11). The molecule has 0 spiro atoms. The van der Waals surface area contributed by atoms with E-state index < -0.39 is 12.1 Å². The van der Waals surface area contributed by atoms with Crippen LogP contribution in [0, 0.1) is 0 Å². The van der Waals surface area contributed by atoms with Gasteiger partial charge in [-0.25, -0.2) is 4.79 Å². The Balaban J connectivity index is 2.54. The first-order valence-electron chi connectivity index (χ1n) is 3.62. The second-order valence-electron chi connectivity index (χ2n) is 2.46. The highest BCUT2D eigenvalue weighted by atomic mass is 16.5. The number of nitrogens with one attached hydrogen (secondary N) is 1. The summed E-state index contributed by atoms with van der Waals surface area (Å²) in [6.07, 6.45) is 1.37. The largest absolute Gasteiger partial charge is 0.479 e. The number of H-pyrrole nitrogens is 1. The second kappa shape index (κ2) is 3.92. The highest BCUT2D eigenvalue weighted by molar-refractivity contribution is 5.72. The summed E-state index contributed by atoms with van der Waals surface area (Å²) < 4.78 is 4.77. The Bertz CT molecular complexity index is 243. The fraction of sp³-hybridized carbons (Fsp3) is 0.375. The van der Waals surface area contributed by atoms with Crippen molar-refractivity contribution in [2.75, 3.05) is 7.11 Å². The number of ether oxygens (including phenoxy) is 1. The van der Waals surface area contributed by atoms with Crippen LogP contribution in [0.1, 0.15) is 5.69 Å². The van der Waals surface area contributed by atoms with Crippen LogP contribution in [0.5, 0.6) is 0 Å². The van der Waals surface area contributed by atoms with Crippen LogP contribution in [-0.4, -0.2) is 29.3 Å². The van der Waals surface area contributed by atoms with Crippen LogP contribution in [0.2, 0.25) is 0 Å². The zero-order chi connectivity index (χ0) is 8.97. The molecule has 1 unspecified atom stereocenters. The van der Waals surface area contributed by atoms with E-state index in [2.05, 4.69) is 4.98 Å². The molecule has 0 saturated carbocycles. The minimum absolute atomic E-state index is 0.374. The Labute approximate surface area is 70.2 Å². The van der Waals surface area contributed by atoms with Crippen molar-refractivity contribution in [2.45, 2.75) is 12.5 Å². The van der Waals surface area contributed by atoms with Gasteiger partial charge in [-0.2, -0.15) is 0 Å². The number of aromatic amines is 1. The van der Waals surface area contributed by atoms with E-state index in [1.807, 2.05) is 12.1 Å². The molecule has 66 valence electrons. The van der Waals surface area contributed by atoms with Crippen LogP contribution in [0.3, 0.4) is 0 Å². The number of carboxylic acids is 1. The molecule has 4 nitrogen and oxygen atoms in total. The Morgan fingerprint density at radius 2 is 2.58 bits per heavy atom. The van der Waals surface area contributed by atoms with Gasteiger partial charge in [0.15, 0.2) is 6.10 Å². The summed E-state index contributed by atoms with van der Waals surface area (Å²) in [5, 5.41) is 8.63. The average Bonchev–Trinajstić information content (AvgIpc) is 2.51. The van der Waals surface area contributed by atoms with Gasteiger partial charge in [0.05, 0.1) is 0 Å². The van der Waals surface area contributed by atoms with E-state index in [4.69, 9.17) is 9.84 Å². The zero-order valence-corrected chi connectivity index (χ0v) is 6.78. The third-order valence-corrected chi connectivity index (χ3v) is 1.63. The molecule has 1 aromatic heterocycles. The highest BCUT2D eigenvalue weighted by Crippen LogP contribution is 2.02. The summed E-state index contributed by atoms with van der Waals surface area (Å²) in [6.45, 7) is 0. The fourth-order valence-corrected chi connectivity index (χ4v) is 0.966. The molecule has 0 aliphatic rings. The van der Waals surface area contributed by atoms with Crippen molar-refractivity contribution in [1.29, 1.82) is 0 Å². The molecule has 0 aliphatic carbocycles. The molecular weight excluding hydrogens is 158 g/mol. The number of hydrogen-bond acceptors (Lipinski definition) is 2. The summed E-state index contributed by atoms with van der Waals surface area (Å²) in [4.78, 5) is 13.4. The van der Waals surface area contributed by atoms with E-state index in [9.17, 15) is 4.79 Å². The molecule has 2 N–H and O–H groups in total. The Morgan fingerprint density at radius 3 is 3.00 bits per heavy atom. The molecule has 0 amide bonds. The van der Waals surface area contributed by atoms with Crippen LogP contribution >= 0.6 is 0 Å². The van der Waals surface area contributed by atoms with E-state index >= 15 is 0 Å². The van der Waals surface area contributed by atoms with Crippen molar-refractivity contribution in [2.24, 2.45) is 0 Å². The number of rotatable bonds is 4. The zero-order valence-electron chi connectivity index (χ0n) is 6.78.